The van der Waals surface area contributed by atoms with Crippen molar-refractivity contribution in [1.82, 2.24) is 10.1 Å². The standard InChI is InChI=1S/C21H19N3O5/c1-2-26-16-6-4-15(5-7-16)24-11-14(10-19(24)25)20-22-21(29-23-20)13-3-8-17-18(9-13)28-12-27-17/h3-9,14H,2,10-12H2,1H3. The SMILES string of the molecule is CCOc1ccc(N2CC(c3noc(-c4ccc5c(c4)OCO5)n3)CC2=O)cc1. The van der Waals surface area contributed by atoms with Crippen LogP contribution in [0, 0.1) is 0 Å². The van der Waals surface area contributed by atoms with Gasteiger partial charge in [0, 0.05) is 30.1 Å². The van der Waals surface area contributed by atoms with Crippen LogP contribution in [0.5, 0.6) is 17.2 Å². The maximum Gasteiger partial charge on any atom is 0.258 e. The first-order chi connectivity index (χ1) is 14.2. The fraction of sp³-hybridized carbons (Fsp3) is 0.286. The van der Waals surface area contributed by atoms with Crippen molar-refractivity contribution in [1.29, 1.82) is 0 Å². The van der Waals surface area contributed by atoms with Crippen molar-refractivity contribution in [3.8, 4) is 28.7 Å². The minimum Gasteiger partial charge on any atom is -0.494 e. The third kappa shape index (κ3) is 3.26. The molecule has 0 bridgehead atoms. The van der Waals surface area contributed by atoms with Crippen LogP contribution in [-0.2, 0) is 4.79 Å². The molecule has 8 nitrogen and oxygen atoms in total. The highest BCUT2D eigenvalue weighted by Gasteiger charge is 2.34. The van der Waals surface area contributed by atoms with Gasteiger partial charge in [-0.2, -0.15) is 4.98 Å². The van der Waals surface area contributed by atoms with Gasteiger partial charge in [0.1, 0.15) is 5.75 Å². The van der Waals surface area contributed by atoms with Crippen LogP contribution >= 0.6 is 0 Å². The summed E-state index contributed by atoms with van der Waals surface area (Å²) in [4.78, 5) is 18.8. The quantitative estimate of drug-likeness (QED) is 0.657. The Balaban J connectivity index is 1.33. The average molecular weight is 393 g/mol. The zero-order valence-electron chi connectivity index (χ0n) is 15.8. The van der Waals surface area contributed by atoms with Gasteiger partial charge in [0.2, 0.25) is 12.7 Å². The highest BCUT2D eigenvalue weighted by atomic mass is 16.7. The second-order valence-corrected chi connectivity index (χ2v) is 6.86. The number of rotatable bonds is 5. The maximum absolute atomic E-state index is 12.6. The van der Waals surface area contributed by atoms with Crippen molar-refractivity contribution < 1.29 is 23.5 Å². The van der Waals surface area contributed by atoms with Crippen LogP contribution in [0.2, 0.25) is 0 Å². The van der Waals surface area contributed by atoms with Crippen LogP contribution in [0.15, 0.2) is 47.0 Å². The molecule has 3 heterocycles. The summed E-state index contributed by atoms with van der Waals surface area (Å²) in [6.45, 7) is 3.26. The number of aromatic nitrogens is 2. The van der Waals surface area contributed by atoms with Gasteiger partial charge in [-0.3, -0.25) is 4.79 Å². The Labute approximate surface area is 167 Å². The Morgan fingerprint density at radius 2 is 1.97 bits per heavy atom. The van der Waals surface area contributed by atoms with Crippen LogP contribution in [0.1, 0.15) is 25.1 Å². The predicted octanol–water partition coefficient (Wildman–Crippen LogP) is 3.38. The maximum atomic E-state index is 12.6. The topological polar surface area (TPSA) is 86.9 Å². The Kier molecular flexibility index (Phi) is 4.31. The lowest BCUT2D eigenvalue weighted by Crippen LogP contribution is -2.24. The summed E-state index contributed by atoms with van der Waals surface area (Å²) in [6, 6.07) is 13.0. The molecule has 1 atom stereocenters. The van der Waals surface area contributed by atoms with E-state index in [-0.39, 0.29) is 18.6 Å². The van der Waals surface area contributed by atoms with Gasteiger partial charge in [0.05, 0.1) is 6.61 Å². The number of hydrogen-bond donors (Lipinski definition) is 0. The number of carbonyl (C=O) groups is 1. The Hall–Kier alpha value is -3.55. The van der Waals surface area contributed by atoms with E-state index < -0.39 is 0 Å². The van der Waals surface area contributed by atoms with E-state index in [2.05, 4.69) is 10.1 Å². The van der Waals surface area contributed by atoms with Crippen molar-refractivity contribution in [2.75, 3.05) is 24.8 Å². The lowest BCUT2D eigenvalue weighted by Gasteiger charge is -2.16. The van der Waals surface area contributed by atoms with E-state index in [0.29, 0.717) is 42.8 Å². The molecule has 1 fully saturated rings. The molecular weight excluding hydrogens is 374 g/mol. The van der Waals surface area contributed by atoms with Gasteiger partial charge in [0.15, 0.2) is 17.3 Å². The molecule has 8 heteroatoms. The summed E-state index contributed by atoms with van der Waals surface area (Å²) in [5.74, 6) is 2.96. The number of fused-ring (bicyclic) bond motifs is 1. The Morgan fingerprint density at radius 3 is 2.79 bits per heavy atom. The molecule has 0 N–H and O–H groups in total. The second-order valence-electron chi connectivity index (χ2n) is 6.86. The number of ether oxygens (including phenoxy) is 3. The van der Waals surface area contributed by atoms with E-state index in [1.165, 1.54) is 0 Å². The molecule has 0 spiro atoms. The monoisotopic (exact) mass is 393 g/mol. The van der Waals surface area contributed by atoms with E-state index in [1.54, 1.807) is 4.90 Å². The first kappa shape index (κ1) is 17.5. The molecular formula is C21H19N3O5. The third-order valence-corrected chi connectivity index (χ3v) is 5.01. The van der Waals surface area contributed by atoms with Crippen molar-refractivity contribution >= 4 is 11.6 Å². The fourth-order valence-corrected chi connectivity index (χ4v) is 3.57. The van der Waals surface area contributed by atoms with Gasteiger partial charge in [-0.1, -0.05) is 5.16 Å². The van der Waals surface area contributed by atoms with Crippen molar-refractivity contribution in [3.63, 3.8) is 0 Å². The summed E-state index contributed by atoms with van der Waals surface area (Å²) in [5, 5.41) is 4.11. The minimum absolute atomic E-state index is 0.0357. The number of anilines is 1. The summed E-state index contributed by atoms with van der Waals surface area (Å²) in [7, 11) is 0. The highest BCUT2D eigenvalue weighted by Crippen LogP contribution is 2.36. The summed E-state index contributed by atoms with van der Waals surface area (Å²) >= 11 is 0. The van der Waals surface area contributed by atoms with Crippen molar-refractivity contribution in [3.05, 3.63) is 48.3 Å². The van der Waals surface area contributed by atoms with Crippen LogP contribution in [-0.4, -0.2) is 36.0 Å². The first-order valence-electron chi connectivity index (χ1n) is 9.48. The van der Waals surface area contributed by atoms with Gasteiger partial charge in [-0.25, -0.2) is 0 Å². The lowest BCUT2D eigenvalue weighted by molar-refractivity contribution is -0.117. The molecule has 2 aliphatic rings. The first-order valence-corrected chi connectivity index (χ1v) is 9.48. The normalized spacial score (nSPS) is 17.8. The predicted molar refractivity (Wildman–Crippen MR) is 103 cm³/mol. The van der Waals surface area contributed by atoms with E-state index >= 15 is 0 Å². The lowest BCUT2D eigenvalue weighted by atomic mass is 10.1. The van der Waals surface area contributed by atoms with Crippen LogP contribution in [0.4, 0.5) is 5.69 Å². The fourth-order valence-electron chi connectivity index (χ4n) is 3.57. The summed E-state index contributed by atoms with van der Waals surface area (Å²) < 4.78 is 21.6. The average Bonchev–Trinajstić information content (AvgIpc) is 3.47. The molecule has 0 radical (unpaired) electrons. The molecule has 2 aromatic carbocycles. The Bertz CT molecular complexity index is 1050. The molecule has 1 amide bonds. The smallest absolute Gasteiger partial charge is 0.258 e. The van der Waals surface area contributed by atoms with Crippen LogP contribution in [0.25, 0.3) is 11.5 Å². The molecule has 1 unspecified atom stereocenters. The summed E-state index contributed by atoms with van der Waals surface area (Å²) in [5.41, 5.74) is 1.58. The Morgan fingerprint density at radius 1 is 1.14 bits per heavy atom. The van der Waals surface area contributed by atoms with Crippen molar-refractivity contribution in [2.45, 2.75) is 19.3 Å². The number of carbonyl (C=O) groups excluding carboxylic acids is 1. The molecule has 2 aliphatic heterocycles. The zero-order chi connectivity index (χ0) is 19.8. The molecule has 3 aromatic rings. The largest absolute Gasteiger partial charge is 0.494 e. The van der Waals surface area contributed by atoms with Gasteiger partial charge in [-0.15, -0.1) is 0 Å². The number of hydrogen-bond acceptors (Lipinski definition) is 7. The molecule has 0 saturated carbocycles. The number of benzene rings is 2. The van der Waals surface area contributed by atoms with Crippen LogP contribution in [0.3, 0.4) is 0 Å². The van der Waals surface area contributed by atoms with Crippen LogP contribution < -0.4 is 19.1 Å². The number of nitrogens with zero attached hydrogens (tertiary/aromatic N) is 3. The molecule has 1 aromatic heterocycles. The van der Waals surface area contributed by atoms with Gasteiger partial charge < -0.3 is 23.6 Å². The third-order valence-electron chi connectivity index (χ3n) is 5.01. The second kappa shape index (κ2) is 7.12. The van der Waals surface area contributed by atoms with E-state index in [4.69, 9.17) is 18.7 Å². The van der Waals surface area contributed by atoms with Gasteiger partial charge in [0.25, 0.3) is 5.89 Å². The molecule has 1 saturated heterocycles. The van der Waals surface area contributed by atoms with E-state index in [9.17, 15) is 4.79 Å². The summed E-state index contributed by atoms with van der Waals surface area (Å²) in [6.07, 6.45) is 0.341. The van der Waals surface area contributed by atoms with Gasteiger partial charge in [-0.05, 0) is 49.4 Å². The van der Waals surface area contributed by atoms with E-state index in [1.807, 2.05) is 49.4 Å². The minimum atomic E-state index is -0.124. The molecule has 29 heavy (non-hydrogen) atoms. The molecule has 148 valence electrons. The highest BCUT2D eigenvalue weighted by molar-refractivity contribution is 5.96. The zero-order valence-corrected chi connectivity index (χ0v) is 15.8. The van der Waals surface area contributed by atoms with Crippen molar-refractivity contribution in [2.24, 2.45) is 0 Å². The van der Waals surface area contributed by atoms with E-state index in [0.717, 1.165) is 17.0 Å². The molecule has 0 aliphatic carbocycles. The number of amides is 1. The van der Waals surface area contributed by atoms with Gasteiger partial charge >= 0.3 is 0 Å². The molecule has 5 rings (SSSR count).